The minimum Gasteiger partial charge on any atom is -0.481 e. The van der Waals surface area contributed by atoms with Gasteiger partial charge in [-0.2, -0.15) is 0 Å². The summed E-state index contributed by atoms with van der Waals surface area (Å²) in [5.74, 6) is 1.16. The van der Waals surface area contributed by atoms with Gasteiger partial charge in [-0.1, -0.05) is 43.3 Å². The molecular formula is C25H20N2O. The summed E-state index contributed by atoms with van der Waals surface area (Å²) in [6, 6.07) is 17.0. The van der Waals surface area contributed by atoms with Crippen molar-refractivity contribution in [2.75, 3.05) is 0 Å². The SMILES string of the molecule is CC1c2cccnc2-c2ccc3c(c21)-c1c(cnc2ccccc12)OC3(C)C. The Morgan fingerprint density at radius 2 is 1.79 bits per heavy atom. The molecule has 0 saturated carbocycles. The molecule has 0 N–H and O–H groups in total. The van der Waals surface area contributed by atoms with Crippen LogP contribution in [-0.2, 0) is 5.60 Å². The number of ether oxygens (including phenoxy) is 1. The van der Waals surface area contributed by atoms with Gasteiger partial charge in [-0.25, -0.2) is 0 Å². The second-order valence-electron chi connectivity index (χ2n) is 8.24. The van der Waals surface area contributed by atoms with E-state index in [1.54, 1.807) is 0 Å². The highest BCUT2D eigenvalue weighted by Crippen LogP contribution is 2.55. The van der Waals surface area contributed by atoms with E-state index in [-0.39, 0.29) is 0 Å². The molecule has 1 aliphatic carbocycles. The van der Waals surface area contributed by atoms with Gasteiger partial charge in [0.15, 0.2) is 0 Å². The van der Waals surface area contributed by atoms with E-state index < -0.39 is 5.60 Å². The van der Waals surface area contributed by atoms with Crippen LogP contribution in [0.1, 0.15) is 43.4 Å². The molecular weight excluding hydrogens is 344 g/mol. The zero-order valence-electron chi connectivity index (χ0n) is 16.2. The van der Waals surface area contributed by atoms with Gasteiger partial charge in [-0.15, -0.1) is 0 Å². The second-order valence-corrected chi connectivity index (χ2v) is 8.24. The van der Waals surface area contributed by atoms with E-state index >= 15 is 0 Å². The van der Waals surface area contributed by atoms with Gasteiger partial charge in [0.1, 0.15) is 11.4 Å². The van der Waals surface area contributed by atoms with Crippen molar-refractivity contribution >= 4 is 10.9 Å². The van der Waals surface area contributed by atoms with Crippen LogP contribution in [0.5, 0.6) is 5.75 Å². The van der Waals surface area contributed by atoms with Crippen molar-refractivity contribution in [3.05, 3.63) is 77.6 Å². The third-order valence-electron chi connectivity index (χ3n) is 6.24. The predicted octanol–water partition coefficient (Wildman–Crippen LogP) is 6.06. The Kier molecular flexibility index (Phi) is 2.94. The highest BCUT2D eigenvalue weighted by atomic mass is 16.5. The predicted molar refractivity (Wildman–Crippen MR) is 112 cm³/mol. The van der Waals surface area contributed by atoms with Crippen molar-refractivity contribution < 1.29 is 4.74 Å². The number of rotatable bonds is 0. The average Bonchev–Trinajstić information content (AvgIpc) is 3.00. The first-order valence-electron chi connectivity index (χ1n) is 9.76. The van der Waals surface area contributed by atoms with Gasteiger partial charge in [0.25, 0.3) is 0 Å². The van der Waals surface area contributed by atoms with Crippen LogP contribution in [0.3, 0.4) is 0 Å². The van der Waals surface area contributed by atoms with Gasteiger partial charge in [-0.3, -0.25) is 9.97 Å². The summed E-state index contributed by atoms with van der Waals surface area (Å²) >= 11 is 0. The number of benzene rings is 2. The third kappa shape index (κ3) is 1.89. The molecule has 0 amide bonds. The standard InChI is InChI=1S/C25H20N2O/c1-14-15-8-6-12-26-24(15)17-10-11-18-23(21(14)17)22-16-7-4-5-9-19(16)27-13-20(22)28-25(18,2)3/h4-14H,1-3H3. The van der Waals surface area contributed by atoms with Crippen LogP contribution in [-0.4, -0.2) is 9.97 Å². The lowest BCUT2D eigenvalue weighted by atomic mass is 9.79. The van der Waals surface area contributed by atoms with E-state index in [2.05, 4.69) is 62.2 Å². The molecule has 0 bridgehead atoms. The van der Waals surface area contributed by atoms with Crippen LogP contribution < -0.4 is 4.74 Å². The third-order valence-corrected chi connectivity index (χ3v) is 6.24. The Balaban J connectivity index is 1.79. The molecule has 6 rings (SSSR count). The Morgan fingerprint density at radius 1 is 0.929 bits per heavy atom. The zero-order valence-corrected chi connectivity index (χ0v) is 16.2. The summed E-state index contributed by atoms with van der Waals surface area (Å²) in [6.45, 7) is 6.57. The molecule has 28 heavy (non-hydrogen) atoms. The first-order chi connectivity index (χ1) is 13.6. The van der Waals surface area contributed by atoms with Crippen molar-refractivity contribution in [3.63, 3.8) is 0 Å². The van der Waals surface area contributed by atoms with Gasteiger partial charge < -0.3 is 4.74 Å². The lowest BCUT2D eigenvalue weighted by Gasteiger charge is -2.37. The molecule has 2 aliphatic rings. The number of hydrogen-bond donors (Lipinski definition) is 0. The van der Waals surface area contributed by atoms with E-state index in [0.29, 0.717) is 5.92 Å². The molecule has 2 aromatic carbocycles. The number of hydrogen-bond acceptors (Lipinski definition) is 3. The molecule has 1 unspecified atom stereocenters. The maximum Gasteiger partial charge on any atom is 0.147 e. The molecule has 1 aliphatic heterocycles. The molecule has 0 fully saturated rings. The smallest absolute Gasteiger partial charge is 0.147 e. The van der Waals surface area contributed by atoms with Gasteiger partial charge >= 0.3 is 0 Å². The molecule has 0 spiro atoms. The maximum absolute atomic E-state index is 6.45. The largest absolute Gasteiger partial charge is 0.481 e. The minimum absolute atomic E-state index is 0.294. The first kappa shape index (κ1) is 15.8. The quantitative estimate of drug-likeness (QED) is 0.380. The van der Waals surface area contributed by atoms with E-state index in [4.69, 9.17) is 9.72 Å². The molecule has 1 atom stereocenters. The van der Waals surface area contributed by atoms with Crippen molar-refractivity contribution in [1.82, 2.24) is 9.97 Å². The lowest BCUT2D eigenvalue weighted by Crippen LogP contribution is -2.30. The maximum atomic E-state index is 6.45. The molecule has 3 heteroatoms. The normalized spacial score (nSPS) is 18.0. The minimum atomic E-state index is -0.413. The van der Waals surface area contributed by atoms with Gasteiger partial charge in [0, 0.05) is 34.2 Å². The fourth-order valence-electron chi connectivity index (χ4n) is 4.98. The van der Waals surface area contributed by atoms with Crippen LogP contribution in [0, 0.1) is 0 Å². The highest BCUT2D eigenvalue weighted by molar-refractivity contribution is 6.02. The Labute approximate surface area is 164 Å². The summed E-state index contributed by atoms with van der Waals surface area (Å²) in [7, 11) is 0. The summed E-state index contributed by atoms with van der Waals surface area (Å²) in [5, 5.41) is 1.14. The fourth-order valence-corrected chi connectivity index (χ4v) is 4.98. The van der Waals surface area contributed by atoms with Crippen molar-refractivity contribution in [2.45, 2.75) is 32.3 Å². The molecule has 4 aromatic rings. The molecule has 3 heterocycles. The number of fused-ring (bicyclic) bond motifs is 9. The van der Waals surface area contributed by atoms with Gasteiger partial charge in [0.2, 0.25) is 0 Å². The molecule has 2 aromatic heterocycles. The lowest BCUT2D eigenvalue weighted by molar-refractivity contribution is 0.105. The van der Waals surface area contributed by atoms with E-state index in [0.717, 1.165) is 27.9 Å². The summed E-state index contributed by atoms with van der Waals surface area (Å²) < 4.78 is 6.45. The summed E-state index contributed by atoms with van der Waals surface area (Å²) in [5.41, 5.74) is 9.29. The van der Waals surface area contributed by atoms with Gasteiger partial charge in [0.05, 0.1) is 17.4 Å². The highest BCUT2D eigenvalue weighted by Gasteiger charge is 2.39. The number of pyridine rings is 2. The fraction of sp³-hybridized carbons (Fsp3) is 0.200. The van der Waals surface area contributed by atoms with E-state index in [1.807, 2.05) is 24.5 Å². The zero-order chi connectivity index (χ0) is 19.0. The van der Waals surface area contributed by atoms with Crippen molar-refractivity contribution in [3.8, 4) is 28.1 Å². The number of para-hydroxylation sites is 1. The Hall–Kier alpha value is -3.20. The summed E-state index contributed by atoms with van der Waals surface area (Å²) in [6.07, 6.45) is 3.77. The average molecular weight is 364 g/mol. The molecule has 0 saturated heterocycles. The molecule has 136 valence electrons. The molecule has 0 radical (unpaired) electrons. The van der Waals surface area contributed by atoms with Crippen LogP contribution in [0.2, 0.25) is 0 Å². The van der Waals surface area contributed by atoms with Crippen LogP contribution in [0.25, 0.3) is 33.3 Å². The van der Waals surface area contributed by atoms with Crippen LogP contribution in [0.15, 0.2) is 60.9 Å². The molecule has 3 nitrogen and oxygen atoms in total. The van der Waals surface area contributed by atoms with Crippen molar-refractivity contribution in [1.29, 1.82) is 0 Å². The Morgan fingerprint density at radius 3 is 2.68 bits per heavy atom. The van der Waals surface area contributed by atoms with Crippen LogP contribution in [0.4, 0.5) is 0 Å². The van der Waals surface area contributed by atoms with E-state index in [1.165, 1.54) is 27.8 Å². The Bertz CT molecular complexity index is 1290. The van der Waals surface area contributed by atoms with E-state index in [9.17, 15) is 0 Å². The summed E-state index contributed by atoms with van der Waals surface area (Å²) in [4.78, 5) is 9.36. The number of nitrogens with zero attached hydrogens (tertiary/aromatic N) is 2. The first-order valence-corrected chi connectivity index (χ1v) is 9.76. The van der Waals surface area contributed by atoms with Crippen molar-refractivity contribution in [2.24, 2.45) is 0 Å². The van der Waals surface area contributed by atoms with Crippen LogP contribution >= 0.6 is 0 Å². The van der Waals surface area contributed by atoms with Gasteiger partial charge in [-0.05, 0) is 42.7 Å². The monoisotopic (exact) mass is 364 g/mol. The second kappa shape index (κ2) is 5.20. The number of aromatic nitrogens is 2. The topological polar surface area (TPSA) is 35.0 Å².